The molecule has 1 aromatic carbocycles. The molecule has 0 unspecified atom stereocenters. The van der Waals surface area contributed by atoms with Crippen molar-refractivity contribution in [3.63, 3.8) is 0 Å². The monoisotopic (exact) mass is 310 g/mol. The van der Waals surface area contributed by atoms with Crippen molar-refractivity contribution in [2.45, 2.75) is 0 Å². The number of likely N-dealkylation sites (N-methyl/N-ethyl adjacent to an activating group) is 1. The van der Waals surface area contributed by atoms with Gasteiger partial charge in [-0.3, -0.25) is 4.79 Å². The zero-order valence-corrected chi connectivity index (χ0v) is 13.1. The summed E-state index contributed by atoms with van der Waals surface area (Å²) in [6, 6.07) is 10.3. The number of nitriles is 1. The number of benzene rings is 1. The number of anilines is 2. The van der Waals surface area contributed by atoms with Crippen molar-refractivity contribution in [1.82, 2.24) is 14.9 Å². The Morgan fingerprint density at radius 2 is 2.13 bits per heavy atom. The van der Waals surface area contributed by atoms with E-state index in [1.54, 1.807) is 30.3 Å². The zero-order valence-electron chi connectivity index (χ0n) is 13.1. The summed E-state index contributed by atoms with van der Waals surface area (Å²) >= 11 is 0. The highest BCUT2D eigenvalue weighted by molar-refractivity contribution is 6.03. The number of carbonyl (C=O) groups excluding carboxylic acids is 1. The fourth-order valence-corrected chi connectivity index (χ4v) is 1.85. The minimum Gasteiger partial charge on any atom is -0.369 e. The fourth-order valence-electron chi connectivity index (χ4n) is 1.85. The molecule has 0 saturated carbocycles. The number of carbonyl (C=O) groups is 1. The molecule has 0 aliphatic heterocycles. The van der Waals surface area contributed by atoms with E-state index in [0.29, 0.717) is 17.1 Å². The van der Waals surface area contributed by atoms with Crippen molar-refractivity contribution < 1.29 is 4.79 Å². The number of rotatable bonds is 6. The number of nitrogens with one attached hydrogen (secondary N) is 2. The topological polar surface area (TPSA) is 93.9 Å². The lowest BCUT2D eigenvalue weighted by molar-refractivity contribution is 0.102. The Morgan fingerprint density at radius 3 is 2.87 bits per heavy atom. The number of hydrogen-bond acceptors (Lipinski definition) is 6. The van der Waals surface area contributed by atoms with Crippen LogP contribution in [0.1, 0.15) is 16.1 Å². The Bertz CT molecular complexity index is 723. The lowest BCUT2D eigenvalue weighted by atomic mass is 10.2. The fraction of sp³-hybridized carbons (Fsp3) is 0.250. The maximum atomic E-state index is 12.2. The molecule has 2 N–H and O–H groups in total. The van der Waals surface area contributed by atoms with Gasteiger partial charge in [0.2, 0.25) is 0 Å². The maximum Gasteiger partial charge on any atom is 0.274 e. The van der Waals surface area contributed by atoms with Crippen LogP contribution in [0.3, 0.4) is 0 Å². The van der Waals surface area contributed by atoms with Gasteiger partial charge in [0, 0.05) is 24.8 Å². The van der Waals surface area contributed by atoms with Gasteiger partial charge in [0.05, 0.1) is 11.6 Å². The van der Waals surface area contributed by atoms with Crippen molar-refractivity contribution >= 4 is 17.4 Å². The molecule has 1 amide bonds. The summed E-state index contributed by atoms with van der Waals surface area (Å²) in [7, 11) is 3.96. The Hall–Kier alpha value is -2.98. The van der Waals surface area contributed by atoms with Crippen molar-refractivity contribution in [3.8, 4) is 6.07 Å². The summed E-state index contributed by atoms with van der Waals surface area (Å²) in [6.07, 6.45) is 1.35. The molecule has 118 valence electrons. The third-order valence-corrected chi connectivity index (χ3v) is 3.01. The Balaban J connectivity index is 2.03. The van der Waals surface area contributed by atoms with Crippen LogP contribution in [0.4, 0.5) is 11.5 Å². The van der Waals surface area contributed by atoms with Crippen LogP contribution >= 0.6 is 0 Å². The van der Waals surface area contributed by atoms with Crippen LogP contribution in [0.15, 0.2) is 36.7 Å². The van der Waals surface area contributed by atoms with Gasteiger partial charge >= 0.3 is 0 Å². The van der Waals surface area contributed by atoms with Gasteiger partial charge in [0.15, 0.2) is 0 Å². The molecule has 1 heterocycles. The molecule has 0 saturated heterocycles. The average Bonchev–Trinajstić information content (AvgIpc) is 2.55. The van der Waals surface area contributed by atoms with Gasteiger partial charge in [0.25, 0.3) is 5.91 Å². The van der Waals surface area contributed by atoms with Crippen LogP contribution in [0.5, 0.6) is 0 Å². The maximum absolute atomic E-state index is 12.2. The van der Waals surface area contributed by atoms with Crippen molar-refractivity contribution in [1.29, 1.82) is 5.26 Å². The van der Waals surface area contributed by atoms with Crippen molar-refractivity contribution in [3.05, 3.63) is 47.9 Å². The van der Waals surface area contributed by atoms with Crippen LogP contribution in [0.25, 0.3) is 0 Å². The smallest absolute Gasteiger partial charge is 0.274 e. The van der Waals surface area contributed by atoms with Gasteiger partial charge in [-0.2, -0.15) is 5.26 Å². The van der Waals surface area contributed by atoms with Crippen LogP contribution < -0.4 is 10.6 Å². The van der Waals surface area contributed by atoms with E-state index in [1.807, 2.05) is 25.1 Å². The second-order valence-electron chi connectivity index (χ2n) is 5.17. The first-order valence-corrected chi connectivity index (χ1v) is 7.10. The average molecular weight is 310 g/mol. The lowest BCUT2D eigenvalue weighted by Gasteiger charge is -2.11. The molecule has 0 spiro atoms. The van der Waals surface area contributed by atoms with Crippen molar-refractivity contribution in [2.24, 2.45) is 0 Å². The molecular weight excluding hydrogens is 292 g/mol. The highest BCUT2D eigenvalue weighted by atomic mass is 16.1. The summed E-state index contributed by atoms with van der Waals surface area (Å²) in [5, 5.41) is 14.7. The molecular formula is C16H18N6O. The first-order chi connectivity index (χ1) is 11.1. The van der Waals surface area contributed by atoms with Gasteiger partial charge < -0.3 is 15.5 Å². The van der Waals surface area contributed by atoms with Crippen LogP contribution in [0.2, 0.25) is 0 Å². The molecule has 0 radical (unpaired) electrons. The quantitative estimate of drug-likeness (QED) is 0.841. The van der Waals surface area contributed by atoms with Gasteiger partial charge in [-0.25, -0.2) is 9.97 Å². The van der Waals surface area contributed by atoms with E-state index in [-0.39, 0.29) is 11.6 Å². The largest absolute Gasteiger partial charge is 0.369 e. The molecule has 23 heavy (non-hydrogen) atoms. The number of nitrogens with zero attached hydrogens (tertiary/aromatic N) is 4. The molecule has 1 aromatic heterocycles. The van der Waals surface area contributed by atoms with Crippen molar-refractivity contribution in [2.75, 3.05) is 37.8 Å². The Morgan fingerprint density at radius 1 is 1.30 bits per heavy atom. The van der Waals surface area contributed by atoms with Gasteiger partial charge in [-0.05, 0) is 32.3 Å². The van der Waals surface area contributed by atoms with E-state index in [2.05, 4.69) is 20.6 Å². The molecule has 0 aliphatic rings. The van der Waals surface area contributed by atoms with Crippen LogP contribution in [0, 0.1) is 11.3 Å². The molecule has 0 aliphatic carbocycles. The minimum absolute atomic E-state index is 0.259. The molecule has 0 atom stereocenters. The van der Waals surface area contributed by atoms with E-state index in [0.717, 1.165) is 13.1 Å². The van der Waals surface area contributed by atoms with E-state index in [1.165, 1.54) is 6.33 Å². The second kappa shape index (κ2) is 7.87. The number of amides is 1. The summed E-state index contributed by atoms with van der Waals surface area (Å²) in [4.78, 5) is 22.3. The molecule has 0 bridgehead atoms. The highest BCUT2D eigenvalue weighted by Crippen LogP contribution is 2.12. The standard InChI is InChI=1S/C16H18N6O/c1-22(2)7-6-18-15-9-14(19-11-20-15)16(23)21-13-5-3-4-12(8-13)10-17/h3-5,8-9,11H,6-7H2,1-2H3,(H,21,23)(H,18,19,20). The number of hydrogen-bond donors (Lipinski definition) is 2. The van der Waals surface area contributed by atoms with E-state index >= 15 is 0 Å². The molecule has 2 rings (SSSR count). The van der Waals surface area contributed by atoms with Gasteiger partial charge in [0.1, 0.15) is 17.8 Å². The number of aromatic nitrogens is 2. The first-order valence-electron chi connectivity index (χ1n) is 7.10. The summed E-state index contributed by atoms with van der Waals surface area (Å²) in [5.74, 6) is 0.246. The molecule has 7 heteroatoms. The van der Waals surface area contributed by atoms with E-state index < -0.39 is 0 Å². The normalized spacial score (nSPS) is 10.2. The van der Waals surface area contributed by atoms with Crippen LogP contribution in [-0.2, 0) is 0 Å². The molecule has 7 nitrogen and oxygen atoms in total. The van der Waals surface area contributed by atoms with Gasteiger partial charge in [-0.15, -0.1) is 0 Å². The Kier molecular flexibility index (Phi) is 5.61. The Labute approximate surface area is 135 Å². The third kappa shape index (κ3) is 5.05. The minimum atomic E-state index is -0.349. The zero-order chi connectivity index (χ0) is 16.7. The molecule has 0 fully saturated rings. The summed E-state index contributed by atoms with van der Waals surface area (Å²) < 4.78 is 0. The van der Waals surface area contributed by atoms with E-state index in [9.17, 15) is 4.79 Å². The second-order valence-corrected chi connectivity index (χ2v) is 5.17. The predicted molar refractivity (Wildman–Crippen MR) is 88.2 cm³/mol. The third-order valence-electron chi connectivity index (χ3n) is 3.01. The van der Waals surface area contributed by atoms with E-state index in [4.69, 9.17) is 5.26 Å². The molecule has 2 aromatic rings. The van der Waals surface area contributed by atoms with Crippen LogP contribution in [-0.4, -0.2) is 48.0 Å². The summed E-state index contributed by atoms with van der Waals surface area (Å²) in [6.45, 7) is 1.57. The first kappa shape index (κ1) is 16.4. The SMILES string of the molecule is CN(C)CCNc1cc(C(=O)Nc2cccc(C#N)c2)ncn1. The lowest BCUT2D eigenvalue weighted by Crippen LogP contribution is -2.21. The van der Waals surface area contributed by atoms with Gasteiger partial charge in [-0.1, -0.05) is 6.07 Å². The predicted octanol–water partition coefficient (Wildman–Crippen LogP) is 1.57. The summed E-state index contributed by atoms with van der Waals surface area (Å²) in [5.41, 5.74) is 1.29. The highest BCUT2D eigenvalue weighted by Gasteiger charge is 2.09.